The van der Waals surface area contributed by atoms with Crippen LogP contribution in [0.4, 0.5) is 15.8 Å². The fourth-order valence-electron chi connectivity index (χ4n) is 1.12. The summed E-state index contributed by atoms with van der Waals surface area (Å²) in [6, 6.07) is 2.08. The average molecular weight is 242 g/mol. The number of nitrogens with one attached hydrogen (secondary N) is 1. The molecule has 17 heavy (non-hydrogen) atoms. The predicted octanol–water partition coefficient (Wildman–Crippen LogP) is 0.830. The Morgan fingerprint density at radius 3 is 2.71 bits per heavy atom. The van der Waals surface area contributed by atoms with Crippen LogP contribution >= 0.6 is 0 Å². The Morgan fingerprint density at radius 2 is 2.18 bits per heavy atom. The number of halogens is 1. The quantitative estimate of drug-likeness (QED) is 0.679. The molecule has 1 rings (SSSR count). The second kappa shape index (κ2) is 5.15. The summed E-state index contributed by atoms with van der Waals surface area (Å²) in [5, 5.41) is 10.8. The van der Waals surface area contributed by atoms with Crippen LogP contribution < -0.4 is 15.8 Å². The van der Waals surface area contributed by atoms with Crippen LogP contribution in [-0.2, 0) is 9.59 Å². The van der Waals surface area contributed by atoms with Crippen LogP contribution in [0.15, 0.2) is 12.1 Å². The summed E-state index contributed by atoms with van der Waals surface area (Å²) >= 11 is 0. The van der Waals surface area contributed by atoms with Gasteiger partial charge in [-0.25, -0.2) is 9.18 Å². The van der Waals surface area contributed by atoms with Crippen molar-refractivity contribution in [1.82, 2.24) is 0 Å². The number of rotatable bonds is 4. The zero-order valence-electron chi connectivity index (χ0n) is 8.99. The van der Waals surface area contributed by atoms with E-state index in [-0.39, 0.29) is 17.1 Å². The van der Waals surface area contributed by atoms with Crippen LogP contribution in [0.5, 0.6) is 5.75 Å². The first-order chi connectivity index (χ1) is 7.90. The normalized spacial score (nSPS) is 9.76. The summed E-state index contributed by atoms with van der Waals surface area (Å²) < 4.78 is 18.0. The molecule has 0 unspecified atom stereocenters. The Labute approximate surface area is 96.2 Å². The summed E-state index contributed by atoms with van der Waals surface area (Å²) in [5.74, 6) is -2.46. The molecule has 1 aromatic rings. The Morgan fingerprint density at radius 1 is 1.53 bits per heavy atom. The van der Waals surface area contributed by atoms with Gasteiger partial charge < -0.3 is 20.9 Å². The molecule has 0 bridgehead atoms. The lowest BCUT2D eigenvalue weighted by Gasteiger charge is -2.11. The van der Waals surface area contributed by atoms with Gasteiger partial charge in [-0.2, -0.15) is 0 Å². The van der Waals surface area contributed by atoms with Crippen molar-refractivity contribution >= 4 is 23.3 Å². The lowest BCUT2D eigenvalue weighted by molar-refractivity contribution is -0.139. The average Bonchev–Trinajstić information content (AvgIpc) is 2.20. The number of carbonyl (C=O) groups is 2. The summed E-state index contributed by atoms with van der Waals surface area (Å²) in [7, 11) is 0. The van der Waals surface area contributed by atoms with Crippen LogP contribution in [0.1, 0.15) is 6.92 Å². The van der Waals surface area contributed by atoms with E-state index in [9.17, 15) is 14.0 Å². The van der Waals surface area contributed by atoms with E-state index in [1.54, 1.807) is 0 Å². The molecule has 6 nitrogen and oxygen atoms in total. The Hall–Kier alpha value is -2.31. The van der Waals surface area contributed by atoms with Crippen molar-refractivity contribution in [3.05, 3.63) is 17.9 Å². The van der Waals surface area contributed by atoms with Gasteiger partial charge in [0.15, 0.2) is 6.61 Å². The highest BCUT2D eigenvalue weighted by Crippen LogP contribution is 2.29. The fraction of sp³-hybridized carbons (Fsp3) is 0.200. The number of hydrogen-bond donors (Lipinski definition) is 3. The van der Waals surface area contributed by atoms with Crippen molar-refractivity contribution in [3.8, 4) is 5.75 Å². The molecule has 92 valence electrons. The third-order valence-electron chi connectivity index (χ3n) is 1.76. The molecule has 1 aromatic carbocycles. The second-order valence-corrected chi connectivity index (χ2v) is 3.23. The largest absolute Gasteiger partial charge is 0.480 e. The van der Waals surface area contributed by atoms with Crippen molar-refractivity contribution < 1.29 is 23.8 Å². The van der Waals surface area contributed by atoms with Crippen molar-refractivity contribution in [1.29, 1.82) is 0 Å². The molecule has 1 amide bonds. The Balaban J connectivity index is 3.02. The summed E-state index contributed by atoms with van der Waals surface area (Å²) in [5.41, 5.74) is 5.28. The molecule has 0 saturated carbocycles. The molecule has 0 aromatic heterocycles. The smallest absolute Gasteiger partial charge is 0.341 e. The van der Waals surface area contributed by atoms with Gasteiger partial charge in [0.05, 0.1) is 11.4 Å². The highest BCUT2D eigenvalue weighted by Gasteiger charge is 2.11. The standard InChI is InChI=1S/C10H11FN2O4/c1-5(14)13-8-3-7(12)6(11)2-9(8)17-4-10(15)16/h2-3H,4,12H2,1H3,(H,13,14)(H,15,16). The first-order valence-corrected chi connectivity index (χ1v) is 4.61. The number of nitrogen functional groups attached to an aromatic ring is 1. The number of ether oxygens (including phenoxy) is 1. The maximum atomic E-state index is 13.2. The van der Waals surface area contributed by atoms with Gasteiger partial charge in [0.25, 0.3) is 0 Å². The van der Waals surface area contributed by atoms with Gasteiger partial charge in [-0.1, -0.05) is 0 Å². The molecular formula is C10H11FN2O4. The van der Waals surface area contributed by atoms with E-state index in [1.807, 2.05) is 0 Å². The van der Waals surface area contributed by atoms with Crippen LogP contribution in [0.3, 0.4) is 0 Å². The van der Waals surface area contributed by atoms with Crippen molar-refractivity contribution in [3.63, 3.8) is 0 Å². The van der Waals surface area contributed by atoms with E-state index in [4.69, 9.17) is 15.6 Å². The zero-order valence-corrected chi connectivity index (χ0v) is 8.99. The monoisotopic (exact) mass is 242 g/mol. The molecule has 4 N–H and O–H groups in total. The molecule has 0 spiro atoms. The van der Waals surface area contributed by atoms with E-state index < -0.39 is 24.3 Å². The molecule has 0 saturated heterocycles. The molecular weight excluding hydrogens is 231 g/mol. The molecule has 0 fully saturated rings. The van der Waals surface area contributed by atoms with Crippen molar-refractivity contribution in [2.75, 3.05) is 17.7 Å². The molecule has 0 radical (unpaired) electrons. The van der Waals surface area contributed by atoms with Gasteiger partial charge in [0.1, 0.15) is 11.6 Å². The first kappa shape index (κ1) is 12.8. The van der Waals surface area contributed by atoms with E-state index in [0.717, 1.165) is 12.1 Å². The third-order valence-corrected chi connectivity index (χ3v) is 1.76. The number of benzene rings is 1. The van der Waals surface area contributed by atoms with Crippen LogP contribution in [-0.4, -0.2) is 23.6 Å². The van der Waals surface area contributed by atoms with Crippen molar-refractivity contribution in [2.45, 2.75) is 6.92 Å². The molecule has 0 aliphatic carbocycles. The lowest BCUT2D eigenvalue weighted by Crippen LogP contribution is -2.13. The van der Waals surface area contributed by atoms with E-state index in [2.05, 4.69) is 5.32 Å². The Bertz CT molecular complexity index is 462. The number of anilines is 2. The number of carboxylic acid groups (broad SMARTS) is 1. The minimum absolute atomic E-state index is 0.0886. The van der Waals surface area contributed by atoms with Crippen molar-refractivity contribution in [2.24, 2.45) is 0 Å². The predicted molar refractivity (Wildman–Crippen MR) is 58.2 cm³/mol. The van der Waals surface area contributed by atoms with Crippen LogP contribution in [0.25, 0.3) is 0 Å². The number of carboxylic acids is 1. The Kier molecular flexibility index (Phi) is 3.86. The van der Waals surface area contributed by atoms with E-state index in [1.165, 1.54) is 6.92 Å². The summed E-state index contributed by atoms with van der Waals surface area (Å²) in [4.78, 5) is 21.2. The topological polar surface area (TPSA) is 102 Å². The number of carbonyl (C=O) groups excluding carboxylic acids is 1. The van der Waals surface area contributed by atoms with E-state index >= 15 is 0 Å². The second-order valence-electron chi connectivity index (χ2n) is 3.23. The summed E-state index contributed by atoms with van der Waals surface area (Å²) in [6.45, 7) is 0.608. The minimum atomic E-state index is -1.21. The maximum absolute atomic E-state index is 13.2. The lowest BCUT2D eigenvalue weighted by atomic mass is 10.2. The highest BCUT2D eigenvalue weighted by atomic mass is 19.1. The summed E-state index contributed by atoms with van der Waals surface area (Å²) in [6.07, 6.45) is 0. The fourth-order valence-corrected chi connectivity index (χ4v) is 1.12. The van der Waals surface area contributed by atoms with Crippen LogP contribution in [0, 0.1) is 5.82 Å². The zero-order chi connectivity index (χ0) is 13.0. The van der Waals surface area contributed by atoms with Gasteiger partial charge in [-0.05, 0) is 6.07 Å². The third kappa shape index (κ3) is 3.63. The highest BCUT2D eigenvalue weighted by molar-refractivity contribution is 5.91. The maximum Gasteiger partial charge on any atom is 0.341 e. The molecule has 0 aliphatic rings. The van der Waals surface area contributed by atoms with Gasteiger partial charge >= 0.3 is 5.97 Å². The number of aliphatic carboxylic acids is 1. The van der Waals surface area contributed by atoms with E-state index in [0.29, 0.717) is 0 Å². The SMILES string of the molecule is CC(=O)Nc1cc(N)c(F)cc1OCC(=O)O. The minimum Gasteiger partial charge on any atom is -0.480 e. The molecule has 0 atom stereocenters. The van der Waals surface area contributed by atoms with Gasteiger partial charge in [-0.3, -0.25) is 4.79 Å². The number of amides is 1. The molecule has 0 heterocycles. The van der Waals surface area contributed by atoms with Gasteiger partial charge in [-0.15, -0.1) is 0 Å². The van der Waals surface area contributed by atoms with Gasteiger partial charge in [0.2, 0.25) is 5.91 Å². The number of hydrogen-bond acceptors (Lipinski definition) is 4. The van der Waals surface area contributed by atoms with Gasteiger partial charge in [0, 0.05) is 13.0 Å². The number of nitrogens with two attached hydrogens (primary N) is 1. The van der Waals surface area contributed by atoms with Crippen LogP contribution in [0.2, 0.25) is 0 Å². The molecule has 0 aliphatic heterocycles. The molecule has 7 heteroatoms. The first-order valence-electron chi connectivity index (χ1n) is 4.61.